The molecule has 2 amide bonds. The van der Waals surface area contributed by atoms with Gasteiger partial charge in [-0.05, 0) is 37.2 Å². The Hall–Kier alpha value is -1.88. The van der Waals surface area contributed by atoms with Crippen LogP contribution in [0.3, 0.4) is 0 Å². The molecule has 1 saturated heterocycles. The average molecular weight is 331 g/mol. The van der Waals surface area contributed by atoms with Crippen LogP contribution in [-0.4, -0.2) is 42.4 Å². The molecule has 1 heterocycles. The third-order valence-electron chi connectivity index (χ3n) is 4.51. The lowest BCUT2D eigenvalue weighted by atomic mass is 9.96. The Balaban J connectivity index is 1.82. The monoisotopic (exact) mass is 331 g/mol. The molecule has 1 aliphatic heterocycles. The van der Waals surface area contributed by atoms with E-state index in [1.807, 2.05) is 42.2 Å². The van der Waals surface area contributed by atoms with Gasteiger partial charge in [-0.3, -0.25) is 9.59 Å². The molecule has 0 aliphatic carbocycles. The van der Waals surface area contributed by atoms with Gasteiger partial charge in [-0.15, -0.1) is 0 Å². The minimum Gasteiger partial charge on any atom is -0.356 e. The fourth-order valence-corrected chi connectivity index (χ4v) is 3.20. The third-order valence-corrected chi connectivity index (χ3v) is 4.51. The van der Waals surface area contributed by atoms with E-state index in [0.717, 1.165) is 31.4 Å². The van der Waals surface area contributed by atoms with E-state index in [-0.39, 0.29) is 11.8 Å². The molecule has 0 saturated carbocycles. The predicted octanol–water partition coefficient (Wildman–Crippen LogP) is 1.71. The number of hydrogen-bond acceptors (Lipinski definition) is 3. The number of amides is 2. The number of nitrogens with zero attached hydrogens (tertiary/aromatic N) is 1. The van der Waals surface area contributed by atoms with Crippen LogP contribution in [0.15, 0.2) is 30.3 Å². The van der Waals surface area contributed by atoms with Gasteiger partial charge in [-0.2, -0.15) is 0 Å². The molecule has 132 valence electrons. The second-order valence-corrected chi connectivity index (χ2v) is 6.64. The minimum absolute atomic E-state index is 0.0171. The quantitative estimate of drug-likeness (QED) is 0.799. The molecule has 0 radical (unpaired) electrons. The fourth-order valence-electron chi connectivity index (χ4n) is 3.20. The molecule has 2 atom stereocenters. The van der Waals surface area contributed by atoms with Crippen LogP contribution < -0.4 is 11.1 Å². The summed E-state index contributed by atoms with van der Waals surface area (Å²) in [6, 6.07) is 9.37. The molecule has 5 heteroatoms. The number of carbonyl (C=O) groups is 2. The van der Waals surface area contributed by atoms with Crippen molar-refractivity contribution in [3.63, 3.8) is 0 Å². The van der Waals surface area contributed by atoms with Crippen LogP contribution in [0.2, 0.25) is 0 Å². The van der Waals surface area contributed by atoms with Crippen molar-refractivity contribution >= 4 is 11.8 Å². The highest BCUT2D eigenvalue weighted by molar-refractivity contribution is 5.82. The van der Waals surface area contributed by atoms with Crippen LogP contribution in [0.25, 0.3) is 0 Å². The third kappa shape index (κ3) is 5.64. The number of nitrogens with two attached hydrogens (primary N) is 1. The molecule has 0 bridgehead atoms. The molecule has 1 fully saturated rings. The lowest BCUT2D eigenvalue weighted by Crippen LogP contribution is -2.50. The van der Waals surface area contributed by atoms with E-state index in [2.05, 4.69) is 5.32 Å². The number of likely N-dealkylation sites (tertiary alicyclic amines) is 1. The maximum absolute atomic E-state index is 12.6. The number of benzene rings is 1. The molecule has 1 aromatic rings. The largest absolute Gasteiger partial charge is 0.356 e. The van der Waals surface area contributed by atoms with Gasteiger partial charge in [-0.25, -0.2) is 0 Å². The molecule has 1 unspecified atom stereocenters. The van der Waals surface area contributed by atoms with Gasteiger partial charge in [0, 0.05) is 26.1 Å². The summed E-state index contributed by atoms with van der Waals surface area (Å²) in [4.78, 5) is 26.1. The van der Waals surface area contributed by atoms with Crippen molar-refractivity contribution in [2.24, 2.45) is 11.7 Å². The number of carbonyl (C=O) groups excluding carboxylic acids is 2. The van der Waals surface area contributed by atoms with E-state index < -0.39 is 6.04 Å². The summed E-state index contributed by atoms with van der Waals surface area (Å²) >= 11 is 0. The molecular weight excluding hydrogens is 302 g/mol. The van der Waals surface area contributed by atoms with Crippen LogP contribution in [0.1, 0.15) is 38.2 Å². The molecule has 0 aromatic heterocycles. The zero-order valence-corrected chi connectivity index (χ0v) is 14.5. The molecule has 3 N–H and O–H groups in total. The predicted molar refractivity (Wildman–Crippen MR) is 95.3 cm³/mol. The van der Waals surface area contributed by atoms with E-state index in [1.54, 1.807) is 0 Å². The Morgan fingerprint density at radius 1 is 1.33 bits per heavy atom. The first-order valence-corrected chi connectivity index (χ1v) is 8.95. The standard InChI is InChI=1S/C19H29N3O2/c1-2-7-18(23)21-13-16-10-6-11-22(14-16)19(24)17(20)12-15-8-4-3-5-9-15/h3-5,8-9,16-17H,2,6-7,10-14,20H2,1H3,(H,21,23)/t16?,17-/m0/s1. The number of nitrogens with one attached hydrogen (secondary N) is 1. The molecule has 0 spiro atoms. The highest BCUT2D eigenvalue weighted by Gasteiger charge is 2.27. The molecule has 24 heavy (non-hydrogen) atoms. The van der Waals surface area contributed by atoms with Gasteiger partial charge in [0.25, 0.3) is 0 Å². The summed E-state index contributed by atoms with van der Waals surface area (Å²) in [5.41, 5.74) is 7.21. The van der Waals surface area contributed by atoms with Crippen LogP contribution in [-0.2, 0) is 16.0 Å². The normalized spacial score (nSPS) is 18.9. The van der Waals surface area contributed by atoms with Crippen molar-refractivity contribution < 1.29 is 9.59 Å². The highest BCUT2D eigenvalue weighted by atomic mass is 16.2. The first kappa shape index (κ1) is 18.5. The fraction of sp³-hybridized carbons (Fsp3) is 0.579. The van der Waals surface area contributed by atoms with Gasteiger partial charge >= 0.3 is 0 Å². The molecule has 1 aromatic carbocycles. The summed E-state index contributed by atoms with van der Waals surface area (Å²) in [5.74, 6) is 0.442. The van der Waals surface area contributed by atoms with Crippen molar-refractivity contribution in [1.29, 1.82) is 0 Å². The van der Waals surface area contributed by atoms with Gasteiger partial charge < -0.3 is 16.0 Å². The van der Waals surface area contributed by atoms with Crippen LogP contribution in [0.4, 0.5) is 0 Å². The Labute approximate surface area is 144 Å². The molecule has 1 aliphatic rings. The maximum atomic E-state index is 12.6. The number of piperidine rings is 1. The van der Waals surface area contributed by atoms with Gasteiger partial charge in [0.1, 0.15) is 0 Å². The first-order chi connectivity index (χ1) is 11.6. The SMILES string of the molecule is CCCC(=O)NCC1CCCN(C(=O)[C@@H](N)Cc2ccccc2)C1. The van der Waals surface area contributed by atoms with Gasteiger partial charge in [0.15, 0.2) is 0 Å². The van der Waals surface area contributed by atoms with Gasteiger partial charge in [0.2, 0.25) is 11.8 Å². The van der Waals surface area contributed by atoms with E-state index >= 15 is 0 Å². The second-order valence-electron chi connectivity index (χ2n) is 6.64. The maximum Gasteiger partial charge on any atom is 0.239 e. The molecular formula is C19H29N3O2. The zero-order valence-electron chi connectivity index (χ0n) is 14.5. The first-order valence-electron chi connectivity index (χ1n) is 8.95. The number of rotatable bonds is 7. The smallest absolute Gasteiger partial charge is 0.239 e. The Morgan fingerprint density at radius 2 is 2.08 bits per heavy atom. The van der Waals surface area contributed by atoms with Crippen molar-refractivity contribution in [2.45, 2.75) is 45.1 Å². The topological polar surface area (TPSA) is 75.4 Å². The van der Waals surface area contributed by atoms with Crippen LogP contribution in [0.5, 0.6) is 0 Å². The zero-order chi connectivity index (χ0) is 17.4. The minimum atomic E-state index is -0.499. The Bertz CT molecular complexity index is 533. The average Bonchev–Trinajstić information content (AvgIpc) is 2.60. The Morgan fingerprint density at radius 3 is 2.79 bits per heavy atom. The van der Waals surface area contributed by atoms with Crippen molar-refractivity contribution in [3.8, 4) is 0 Å². The van der Waals surface area contributed by atoms with Gasteiger partial charge in [-0.1, -0.05) is 37.3 Å². The summed E-state index contributed by atoms with van der Waals surface area (Å²) in [7, 11) is 0. The molecule has 2 rings (SSSR count). The van der Waals surface area contributed by atoms with Gasteiger partial charge in [0.05, 0.1) is 6.04 Å². The number of hydrogen-bond donors (Lipinski definition) is 2. The lowest BCUT2D eigenvalue weighted by Gasteiger charge is -2.34. The van der Waals surface area contributed by atoms with E-state index in [4.69, 9.17) is 5.73 Å². The summed E-state index contributed by atoms with van der Waals surface area (Å²) in [6.07, 6.45) is 4.00. The summed E-state index contributed by atoms with van der Waals surface area (Å²) < 4.78 is 0. The van der Waals surface area contributed by atoms with Crippen molar-refractivity contribution in [2.75, 3.05) is 19.6 Å². The van der Waals surface area contributed by atoms with Crippen LogP contribution >= 0.6 is 0 Å². The lowest BCUT2D eigenvalue weighted by molar-refractivity contribution is -0.134. The summed E-state index contributed by atoms with van der Waals surface area (Å²) in [5, 5.41) is 2.97. The summed E-state index contributed by atoms with van der Waals surface area (Å²) in [6.45, 7) is 4.10. The van der Waals surface area contributed by atoms with Crippen LogP contribution in [0, 0.1) is 5.92 Å². The Kier molecular flexibility index (Phi) is 7.25. The second kappa shape index (κ2) is 9.42. The van der Waals surface area contributed by atoms with E-state index in [0.29, 0.717) is 31.8 Å². The van der Waals surface area contributed by atoms with Crippen molar-refractivity contribution in [1.82, 2.24) is 10.2 Å². The highest BCUT2D eigenvalue weighted by Crippen LogP contribution is 2.17. The van der Waals surface area contributed by atoms with E-state index in [9.17, 15) is 9.59 Å². The van der Waals surface area contributed by atoms with E-state index in [1.165, 1.54) is 0 Å². The molecule has 5 nitrogen and oxygen atoms in total. The van der Waals surface area contributed by atoms with Crippen molar-refractivity contribution in [3.05, 3.63) is 35.9 Å².